The highest BCUT2D eigenvalue weighted by molar-refractivity contribution is 7.98. The minimum atomic E-state index is -4.04. The molecule has 312 valence electrons. The van der Waals surface area contributed by atoms with Crippen LogP contribution >= 0.6 is 23.5 Å². The maximum Gasteiger partial charge on any atom is 0.297 e. The molecule has 0 amide bonds. The van der Waals surface area contributed by atoms with Crippen molar-refractivity contribution in [2.75, 3.05) is 0 Å². The zero-order chi connectivity index (χ0) is 43.2. The average Bonchev–Trinajstić information content (AvgIpc) is 3.22. The molecule has 7 rings (SSSR count). The van der Waals surface area contributed by atoms with Gasteiger partial charge in [-0.2, -0.15) is 8.42 Å². The quantitative estimate of drug-likeness (QED) is 0.0993. The molecule has 0 fully saturated rings. The predicted molar refractivity (Wildman–Crippen MR) is 243 cm³/mol. The molecule has 8 nitrogen and oxygen atoms in total. The van der Waals surface area contributed by atoms with Gasteiger partial charge in [0.15, 0.2) is 21.0 Å². The molecule has 60 heavy (non-hydrogen) atoms. The molecule has 7 aromatic rings. The number of benzene rings is 5. The van der Waals surface area contributed by atoms with Gasteiger partial charge in [-0.3, -0.25) is 13.8 Å². The topological polar surface area (TPSA) is 124 Å². The molecule has 0 unspecified atom stereocenters. The Hall–Kier alpha value is -4.91. The van der Waals surface area contributed by atoms with Crippen LogP contribution in [-0.4, -0.2) is 13.5 Å². The van der Waals surface area contributed by atoms with Gasteiger partial charge in [-0.15, -0.1) is 0 Å². The van der Waals surface area contributed by atoms with Crippen LogP contribution in [0, 0.1) is 6.92 Å². The number of thioether (sulfide) groups is 2. The fourth-order valence-electron chi connectivity index (χ4n) is 6.22. The van der Waals surface area contributed by atoms with Crippen LogP contribution in [0.2, 0.25) is 0 Å². The van der Waals surface area contributed by atoms with E-state index in [2.05, 4.69) is 90.1 Å². The van der Waals surface area contributed by atoms with Crippen LogP contribution in [0.4, 0.5) is 0 Å². The van der Waals surface area contributed by atoms with Gasteiger partial charge in [0.05, 0.1) is 40.0 Å². The van der Waals surface area contributed by atoms with E-state index in [-0.39, 0.29) is 38.8 Å². The maximum absolute atomic E-state index is 13.3. The third kappa shape index (κ3) is 10.9. The highest BCUT2D eigenvalue weighted by atomic mass is 32.2. The van der Waals surface area contributed by atoms with E-state index in [1.807, 2.05) is 13.0 Å². The minimum absolute atomic E-state index is 0.0430. The van der Waals surface area contributed by atoms with Crippen LogP contribution in [0.5, 0.6) is 0 Å². The first-order valence-electron chi connectivity index (χ1n) is 19.6. The van der Waals surface area contributed by atoms with Crippen molar-refractivity contribution in [3.8, 4) is 0 Å². The zero-order valence-electron chi connectivity index (χ0n) is 34.9. The van der Waals surface area contributed by atoms with Gasteiger partial charge in [-0.25, -0.2) is 0 Å². The molecule has 2 heterocycles. The van der Waals surface area contributed by atoms with Crippen molar-refractivity contribution in [1.29, 1.82) is 0 Å². The van der Waals surface area contributed by atoms with Gasteiger partial charge >= 0.3 is 0 Å². The predicted octanol–water partition coefficient (Wildman–Crippen LogP) is 11.5. The van der Waals surface area contributed by atoms with Crippen molar-refractivity contribution in [2.45, 2.75) is 99.1 Å². The number of aryl methyl sites for hydroxylation is 1. The van der Waals surface area contributed by atoms with Crippen LogP contribution in [0.25, 0.3) is 21.9 Å². The van der Waals surface area contributed by atoms with E-state index in [4.69, 9.17) is 13.0 Å². The molecule has 1 N–H and O–H groups in total. The average molecular weight is 863 g/mol. The molecule has 2 aromatic heterocycles. The lowest BCUT2D eigenvalue weighted by molar-refractivity contribution is 0.269. The molecule has 0 aliphatic carbocycles. The summed E-state index contributed by atoms with van der Waals surface area (Å²) in [5, 5.41) is 11.3. The minimum Gasteiger partial charge on any atom is -0.449 e. The normalized spacial score (nSPS) is 12.1. The van der Waals surface area contributed by atoms with Crippen molar-refractivity contribution in [3.63, 3.8) is 0 Å². The van der Waals surface area contributed by atoms with E-state index < -0.39 is 16.7 Å². The summed E-state index contributed by atoms with van der Waals surface area (Å²) in [7, 11) is -4.04. The molecule has 0 saturated heterocycles. The summed E-state index contributed by atoms with van der Waals surface area (Å²) >= 11 is 2.79. The zero-order valence-corrected chi connectivity index (χ0v) is 37.4. The Labute approximate surface area is 360 Å². The molecule has 0 saturated carbocycles. The Morgan fingerprint density at radius 1 is 0.583 bits per heavy atom. The van der Waals surface area contributed by atoms with E-state index >= 15 is 0 Å². The van der Waals surface area contributed by atoms with Gasteiger partial charge in [0.2, 0.25) is 0 Å². The lowest BCUT2D eigenvalue weighted by atomic mass is 9.87. The van der Waals surface area contributed by atoms with Crippen molar-refractivity contribution in [2.24, 2.45) is 0 Å². The first-order valence-corrected chi connectivity index (χ1v) is 22.9. The summed E-state index contributed by atoms with van der Waals surface area (Å²) in [6.45, 7) is 14.2. The Balaban J connectivity index is 0.000000213. The molecule has 0 aliphatic heterocycles. The largest absolute Gasteiger partial charge is 0.449 e. The van der Waals surface area contributed by atoms with E-state index in [0.29, 0.717) is 49.2 Å². The van der Waals surface area contributed by atoms with E-state index in [1.54, 1.807) is 54.6 Å². The highest BCUT2D eigenvalue weighted by Gasteiger charge is 2.22. The van der Waals surface area contributed by atoms with E-state index in [1.165, 1.54) is 46.8 Å². The first-order chi connectivity index (χ1) is 28.4. The number of aliphatic hydroxyl groups excluding tert-OH is 1. The third-order valence-electron chi connectivity index (χ3n) is 9.92. The van der Waals surface area contributed by atoms with Crippen LogP contribution in [-0.2, 0) is 49.9 Å². The lowest BCUT2D eigenvalue weighted by Crippen LogP contribution is -2.15. The van der Waals surface area contributed by atoms with Crippen molar-refractivity contribution >= 4 is 55.6 Å². The Morgan fingerprint density at radius 2 is 1.00 bits per heavy atom. The summed E-state index contributed by atoms with van der Waals surface area (Å²) < 4.78 is 42.7. The number of fused-ring (bicyclic) bond motifs is 2. The number of para-hydroxylation sites is 2. The molecule has 5 aromatic carbocycles. The number of rotatable bonds is 11. The lowest BCUT2D eigenvalue weighted by Gasteiger charge is -2.19. The number of hydrogen-bond acceptors (Lipinski definition) is 10. The molecule has 0 atom stereocenters. The Bertz CT molecular complexity index is 2810. The van der Waals surface area contributed by atoms with Crippen molar-refractivity contribution in [3.05, 3.63) is 181 Å². The van der Waals surface area contributed by atoms with E-state index in [0.717, 1.165) is 16.7 Å². The maximum atomic E-state index is 13.3. The summed E-state index contributed by atoms with van der Waals surface area (Å²) in [5.41, 5.74) is 6.93. The molecular formula is C49H50O8S3. The van der Waals surface area contributed by atoms with Crippen molar-refractivity contribution < 1.29 is 26.5 Å². The molecule has 0 bridgehead atoms. The van der Waals surface area contributed by atoms with E-state index in [9.17, 15) is 23.1 Å². The van der Waals surface area contributed by atoms with Crippen LogP contribution in [0.1, 0.15) is 80.5 Å². The number of hydrogen-bond donors (Lipinski definition) is 1. The standard InChI is InChI=1S/C28H28O5S2.C21H22O3S/c1-19-9-15-22(16-10-19)35(30,31)32-17-24-26(29)23-7-5-6-8-25(23)33-27(24)34-18-20-11-13-21(14-12-20)28(2,3)4;1-21(2,3)15-10-8-14(9-11-15)13-25-20-17(12-22)19(23)16-6-4-5-7-18(16)24-20/h5-16H,17-18H2,1-4H3;4-11,22H,12-13H2,1-3H3. The smallest absolute Gasteiger partial charge is 0.297 e. The summed E-state index contributed by atoms with van der Waals surface area (Å²) in [4.78, 5) is 25.8. The van der Waals surface area contributed by atoms with Gasteiger partial charge in [0, 0.05) is 11.5 Å². The highest BCUT2D eigenvalue weighted by Crippen LogP contribution is 2.32. The molecule has 11 heteroatoms. The summed E-state index contributed by atoms with van der Waals surface area (Å²) in [6, 6.07) is 37.3. The summed E-state index contributed by atoms with van der Waals surface area (Å²) in [6.07, 6.45) is 0. The number of aliphatic hydroxyl groups is 1. The Morgan fingerprint density at radius 3 is 1.43 bits per heavy atom. The van der Waals surface area contributed by atoms with Gasteiger partial charge in [-0.1, -0.05) is 156 Å². The first kappa shape index (κ1) is 44.6. The van der Waals surface area contributed by atoms with Gasteiger partial charge < -0.3 is 13.9 Å². The summed E-state index contributed by atoms with van der Waals surface area (Å²) in [5.74, 6) is 1.24. The monoisotopic (exact) mass is 862 g/mol. The fourth-order valence-corrected chi connectivity index (χ4v) is 9.04. The van der Waals surface area contributed by atoms with Gasteiger partial charge in [0.1, 0.15) is 11.2 Å². The van der Waals surface area contributed by atoms with Crippen LogP contribution < -0.4 is 10.9 Å². The SMILES string of the molecule is CC(C)(C)c1ccc(CSc2oc3ccccc3c(=O)c2CO)cc1.Cc1ccc(S(=O)(=O)OCc2c(SCc3ccc(C(C)(C)C)cc3)oc3ccccc3c2=O)cc1. The third-order valence-corrected chi connectivity index (χ3v) is 13.3. The van der Waals surface area contributed by atoms with Gasteiger partial charge in [0.25, 0.3) is 10.1 Å². The van der Waals surface area contributed by atoms with Gasteiger partial charge in [-0.05, 0) is 76.4 Å². The second-order valence-corrected chi connectivity index (χ2v) is 20.1. The van der Waals surface area contributed by atoms with Crippen molar-refractivity contribution in [1.82, 2.24) is 0 Å². The molecule has 0 radical (unpaired) electrons. The van der Waals surface area contributed by atoms with Crippen LogP contribution in [0.15, 0.2) is 155 Å². The molecule has 0 spiro atoms. The second kappa shape index (κ2) is 18.8. The fraction of sp³-hybridized carbons (Fsp3) is 0.265. The second-order valence-electron chi connectivity index (χ2n) is 16.5. The van der Waals surface area contributed by atoms with Crippen LogP contribution in [0.3, 0.4) is 0 Å². The Kier molecular flexibility index (Phi) is 14.0. The molecular weight excluding hydrogens is 813 g/mol. The molecule has 0 aliphatic rings.